The van der Waals surface area contributed by atoms with Gasteiger partial charge in [-0.25, -0.2) is 9.37 Å². The molecule has 0 unspecified atom stereocenters. The zero-order chi connectivity index (χ0) is 29.9. The zero-order valence-corrected chi connectivity index (χ0v) is 23.2. The van der Waals surface area contributed by atoms with Crippen molar-refractivity contribution in [1.29, 1.82) is 0 Å². The second kappa shape index (κ2) is 14.4. The van der Waals surface area contributed by atoms with Gasteiger partial charge in [-0.05, 0) is 40.5 Å². The molecule has 0 spiro atoms. The summed E-state index contributed by atoms with van der Waals surface area (Å²) in [5, 5.41) is 5.62. The fourth-order valence-electron chi connectivity index (χ4n) is 4.14. The van der Waals surface area contributed by atoms with E-state index in [0.717, 1.165) is 16.7 Å². The second-order valence-corrected chi connectivity index (χ2v) is 9.59. The Hall–Kier alpha value is -5.57. The van der Waals surface area contributed by atoms with Crippen molar-refractivity contribution in [2.24, 2.45) is 0 Å². The molecule has 0 saturated heterocycles. The van der Waals surface area contributed by atoms with Crippen LogP contribution in [0.1, 0.15) is 43.2 Å². The van der Waals surface area contributed by atoms with Gasteiger partial charge in [-0.3, -0.25) is 14.6 Å². The highest BCUT2D eigenvalue weighted by Gasteiger charge is 2.24. The fourth-order valence-corrected chi connectivity index (χ4v) is 4.14. The topological polar surface area (TPSA) is 102 Å². The maximum Gasteiger partial charge on any atom is 0.274 e. The van der Waals surface area contributed by atoms with Crippen LogP contribution < -0.4 is 20.1 Å². The summed E-state index contributed by atoms with van der Waals surface area (Å²) >= 11 is 0. The van der Waals surface area contributed by atoms with Crippen molar-refractivity contribution in [2.45, 2.75) is 26.3 Å². The van der Waals surface area contributed by atoms with Crippen molar-refractivity contribution in [3.63, 3.8) is 0 Å². The number of pyridine rings is 2. The number of hydrogen-bond acceptors (Lipinski definition) is 6. The number of nitrogens with zero attached hydrogens (tertiary/aromatic N) is 2. The number of carbonyl (C=O) groups is 2. The molecule has 8 nitrogen and oxygen atoms in total. The highest BCUT2D eigenvalue weighted by molar-refractivity contribution is 5.99. The van der Waals surface area contributed by atoms with Crippen LogP contribution in [0.5, 0.6) is 11.5 Å². The summed E-state index contributed by atoms with van der Waals surface area (Å²) in [7, 11) is 0. The van der Waals surface area contributed by atoms with E-state index >= 15 is 0 Å². The zero-order valence-electron chi connectivity index (χ0n) is 23.2. The molecule has 0 aliphatic heterocycles. The maximum atomic E-state index is 13.6. The highest BCUT2D eigenvalue weighted by atomic mass is 19.1. The molecule has 0 aliphatic rings. The van der Waals surface area contributed by atoms with Crippen molar-refractivity contribution in [2.75, 3.05) is 0 Å². The summed E-state index contributed by atoms with van der Waals surface area (Å²) in [5.41, 5.74) is 3.11. The van der Waals surface area contributed by atoms with Gasteiger partial charge in [0.2, 0.25) is 0 Å². The lowest BCUT2D eigenvalue weighted by Gasteiger charge is -2.18. The second-order valence-electron chi connectivity index (χ2n) is 9.59. The lowest BCUT2D eigenvalue weighted by molar-refractivity contribution is 0.0935. The lowest BCUT2D eigenvalue weighted by Crippen LogP contribution is -2.28. The number of halogens is 1. The van der Waals surface area contributed by atoms with Gasteiger partial charge in [-0.15, -0.1) is 0 Å². The van der Waals surface area contributed by atoms with Crippen LogP contribution in [0.2, 0.25) is 0 Å². The number of amides is 2. The Labute approximate surface area is 248 Å². The predicted octanol–water partition coefficient (Wildman–Crippen LogP) is 5.63. The third kappa shape index (κ3) is 8.23. The fraction of sp³-hybridized carbons (Fsp3) is 0.118. The van der Waals surface area contributed by atoms with Crippen molar-refractivity contribution < 1.29 is 23.5 Å². The van der Waals surface area contributed by atoms with Crippen LogP contribution in [0, 0.1) is 5.82 Å². The Kier molecular flexibility index (Phi) is 9.67. The van der Waals surface area contributed by atoms with Gasteiger partial charge in [0.25, 0.3) is 11.8 Å². The molecular weight excluding hydrogens is 547 g/mol. The van der Waals surface area contributed by atoms with Crippen LogP contribution in [-0.4, -0.2) is 21.8 Å². The molecule has 2 heterocycles. The molecule has 2 N–H and O–H groups in total. The van der Waals surface area contributed by atoms with E-state index in [9.17, 15) is 14.0 Å². The van der Waals surface area contributed by atoms with Gasteiger partial charge in [0.05, 0.1) is 0 Å². The molecule has 5 aromatic rings. The Morgan fingerprint density at radius 1 is 0.674 bits per heavy atom. The van der Waals surface area contributed by atoms with Gasteiger partial charge in [0, 0.05) is 31.5 Å². The molecule has 0 radical (unpaired) electrons. The number of benzene rings is 3. The van der Waals surface area contributed by atoms with E-state index in [2.05, 4.69) is 20.6 Å². The highest BCUT2D eigenvalue weighted by Crippen LogP contribution is 2.33. The summed E-state index contributed by atoms with van der Waals surface area (Å²) < 4.78 is 25.7. The minimum atomic E-state index is -0.584. The monoisotopic (exact) mass is 576 g/mol. The van der Waals surface area contributed by atoms with Crippen molar-refractivity contribution >= 4 is 11.8 Å². The number of hydrogen-bond donors (Lipinski definition) is 2. The third-order valence-electron chi connectivity index (χ3n) is 6.39. The number of rotatable bonds is 12. The van der Waals surface area contributed by atoms with Crippen LogP contribution in [0.4, 0.5) is 4.39 Å². The summed E-state index contributed by atoms with van der Waals surface area (Å²) in [6.45, 7) is 0.623. The van der Waals surface area contributed by atoms with Gasteiger partial charge >= 0.3 is 0 Å². The molecule has 216 valence electrons. The first-order chi connectivity index (χ1) is 21.0. The number of carbonyl (C=O) groups excluding carboxylic acids is 2. The number of ether oxygens (including phenoxy) is 2. The van der Waals surface area contributed by atoms with E-state index in [0.29, 0.717) is 5.56 Å². The third-order valence-corrected chi connectivity index (χ3v) is 6.39. The van der Waals surface area contributed by atoms with E-state index in [1.807, 2.05) is 66.7 Å². The first kappa shape index (κ1) is 28.9. The molecule has 2 aromatic heterocycles. The summed E-state index contributed by atoms with van der Waals surface area (Å²) in [5.74, 6) is -1.18. The SMILES string of the molecule is O=C(NCc1cccnc1)c1cc(OCc2ccccc2)c(OCc2ccccc2)c(C(=O)NCc2ccc(F)cc2)n1. The van der Waals surface area contributed by atoms with Crippen molar-refractivity contribution in [3.05, 3.63) is 155 Å². The molecule has 0 bridgehead atoms. The Balaban J connectivity index is 1.47. The molecule has 0 fully saturated rings. The molecular formula is C34H29FN4O4. The predicted molar refractivity (Wildman–Crippen MR) is 159 cm³/mol. The first-order valence-electron chi connectivity index (χ1n) is 13.6. The van der Waals surface area contributed by atoms with Crippen LogP contribution in [0.15, 0.2) is 116 Å². The molecule has 0 aliphatic carbocycles. The number of nitrogens with one attached hydrogen (secondary N) is 2. The molecule has 5 rings (SSSR count). The maximum absolute atomic E-state index is 13.6. The number of aromatic nitrogens is 2. The average Bonchev–Trinajstić information content (AvgIpc) is 3.06. The van der Waals surface area contributed by atoms with Crippen LogP contribution in [0.25, 0.3) is 0 Å². The molecule has 2 amide bonds. The minimum Gasteiger partial charge on any atom is -0.485 e. The van der Waals surface area contributed by atoms with E-state index in [1.165, 1.54) is 18.2 Å². The molecule has 3 aromatic carbocycles. The molecule has 0 atom stereocenters. The lowest BCUT2D eigenvalue weighted by atomic mass is 10.2. The Bertz CT molecular complexity index is 1650. The molecule has 0 saturated carbocycles. The average molecular weight is 577 g/mol. The summed E-state index contributed by atoms with van der Waals surface area (Å²) in [6.07, 6.45) is 3.30. The quantitative estimate of drug-likeness (QED) is 0.200. The van der Waals surface area contributed by atoms with Gasteiger partial charge in [-0.2, -0.15) is 0 Å². The van der Waals surface area contributed by atoms with Gasteiger partial charge in [-0.1, -0.05) is 78.9 Å². The normalized spacial score (nSPS) is 10.5. The Morgan fingerprint density at radius 3 is 1.93 bits per heavy atom. The Morgan fingerprint density at radius 2 is 1.28 bits per heavy atom. The standard InChI is InChI=1S/C34H29FN4O4/c35-28-15-13-24(14-16-28)20-38-34(41)31-32(43-23-26-10-5-2-6-11-26)30(42-22-25-8-3-1-4-9-25)18-29(39-31)33(40)37-21-27-12-7-17-36-19-27/h1-19H,20-23H2,(H,37,40)(H,38,41). The van der Waals surface area contributed by atoms with Crippen molar-refractivity contribution in [3.8, 4) is 11.5 Å². The van der Waals surface area contributed by atoms with Gasteiger partial charge in [0.15, 0.2) is 17.2 Å². The van der Waals surface area contributed by atoms with Crippen LogP contribution >= 0.6 is 0 Å². The molecule has 43 heavy (non-hydrogen) atoms. The smallest absolute Gasteiger partial charge is 0.274 e. The van der Waals surface area contributed by atoms with E-state index in [1.54, 1.807) is 30.6 Å². The van der Waals surface area contributed by atoms with Gasteiger partial charge in [0.1, 0.15) is 24.7 Å². The van der Waals surface area contributed by atoms with E-state index in [4.69, 9.17) is 9.47 Å². The minimum absolute atomic E-state index is 0.0223. The van der Waals surface area contributed by atoms with Crippen LogP contribution in [0.3, 0.4) is 0 Å². The van der Waals surface area contributed by atoms with Gasteiger partial charge < -0.3 is 20.1 Å². The van der Waals surface area contributed by atoms with Crippen LogP contribution in [-0.2, 0) is 26.3 Å². The van der Waals surface area contributed by atoms with E-state index in [-0.39, 0.29) is 55.0 Å². The summed E-state index contributed by atoms with van der Waals surface area (Å²) in [6, 6.07) is 29.8. The van der Waals surface area contributed by atoms with E-state index < -0.39 is 11.8 Å². The first-order valence-corrected chi connectivity index (χ1v) is 13.6. The van der Waals surface area contributed by atoms with Crippen molar-refractivity contribution in [1.82, 2.24) is 20.6 Å². The molecule has 9 heteroatoms. The summed E-state index contributed by atoms with van der Waals surface area (Å²) in [4.78, 5) is 35.3. The largest absolute Gasteiger partial charge is 0.485 e.